The second-order valence-electron chi connectivity index (χ2n) is 4.90. The molecule has 0 saturated carbocycles. The molecule has 0 aliphatic heterocycles. The van der Waals surface area contributed by atoms with Crippen LogP contribution in [0.25, 0.3) is 0 Å². The van der Waals surface area contributed by atoms with Crippen LogP contribution in [0.15, 0.2) is 52.2 Å². The molecule has 0 aromatic heterocycles. The van der Waals surface area contributed by atoms with Crippen molar-refractivity contribution in [3.05, 3.63) is 53.0 Å². The molecular formula is C14H14NO7P. The van der Waals surface area contributed by atoms with Crippen molar-refractivity contribution in [1.29, 1.82) is 0 Å². The van der Waals surface area contributed by atoms with Gasteiger partial charge in [-0.2, -0.15) is 4.76 Å². The number of aliphatic hydroxyl groups is 2. The standard InChI is InChI=1S/C14H14NO7P/c16-9-3-1-2-8(4-9)5-12(18)14-11(15-23(20,21)22)6-10(17)7-13(14)19/h1-4,7,16-17,19H,5-6H2,(H2,20,21,22). The van der Waals surface area contributed by atoms with Crippen molar-refractivity contribution in [2.24, 2.45) is 4.76 Å². The number of carbonyl (C=O) groups excluding carboxylic acids is 1. The first-order valence-electron chi connectivity index (χ1n) is 6.44. The quantitative estimate of drug-likeness (QED) is 0.524. The Morgan fingerprint density at radius 2 is 1.91 bits per heavy atom. The number of hydrogen-bond acceptors (Lipinski definition) is 5. The van der Waals surface area contributed by atoms with Gasteiger partial charge in [-0.1, -0.05) is 12.1 Å². The molecule has 8 nitrogen and oxygen atoms in total. The van der Waals surface area contributed by atoms with Gasteiger partial charge in [0.05, 0.1) is 11.3 Å². The van der Waals surface area contributed by atoms with Crippen LogP contribution in [-0.2, 0) is 15.8 Å². The molecule has 0 spiro atoms. The molecule has 0 fully saturated rings. The number of allylic oxidation sites excluding steroid dienone is 3. The summed E-state index contributed by atoms with van der Waals surface area (Å²) in [6.07, 6.45) is 0.327. The number of nitrogens with zero attached hydrogens (tertiary/aromatic N) is 1. The lowest BCUT2D eigenvalue weighted by Gasteiger charge is -2.16. The molecule has 0 amide bonds. The van der Waals surface area contributed by atoms with E-state index in [1.54, 1.807) is 6.07 Å². The average molecular weight is 339 g/mol. The van der Waals surface area contributed by atoms with Gasteiger partial charge in [-0.3, -0.25) is 4.79 Å². The van der Waals surface area contributed by atoms with E-state index in [0.717, 1.165) is 6.08 Å². The van der Waals surface area contributed by atoms with E-state index in [0.29, 0.717) is 5.56 Å². The maximum Gasteiger partial charge on any atom is 0.448 e. The number of phenolic OH excluding ortho intramolecular Hbond substituents is 1. The number of Topliss-reactive ketones (excluding diaryl/α,β-unsaturated/α-hetero) is 1. The number of ketones is 1. The summed E-state index contributed by atoms with van der Waals surface area (Å²) in [6.45, 7) is 0. The van der Waals surface area contributed by atoms with Crippen LogP contribution in [0.2, 0.25) is 0 Å². The molecule has 23 heavy (non-hydrogen) atoms. The second-order valence-corrected chi connectivity index (χ2v) is 6.13. The monoisotopic (exact) mass is 339 g/mol. The van der Waals surface area contributed by atoms with Gasteiger partial charge < -0.3 is 25.1 Å². The highest BCUT2D eigenvalue weighted by Crippen LogP contribution is 2.39. The lowest BCUT2D eigenvalue weighted by atomic mass is 9.93. The number of aromatic hydroxyl groups is 1. The zero-order chi connectivity index (χ0) is 17.2. The third kappa shape index (κ3) is 4.53. The molecule has 5 N–H and O–H groups in total. The van der Waals surface area contributed by atoms with Crippen LogP contribution in [0.5, 0.6) is 5.75 Å². The van der Waals surface area contributed by atoms with Gasteiger partial charge in [0.1, 0.15) is 17.3 Å². The molecule has 0 saturated heterocycles. The fraction of sp³-hybridized carbons (Fsp3) is 0.143. The van der Waals surface area contributed by atoms with Crippen LogP contribution < -0.4 is 0 Å². The van der Waals surface area contributed by atoms with E-state index in [1.807, 2.05) is 0 Å². The van der Waals surface area contributed by atoms with Crippen LogP contribution in [0.4, 0.5) is 0 Å². The normalized spacial score (nSPS) is 17.3. The molecule has 9 heteroatoms. The van der Waals surface area contributed by atoms with Crippen molar-refractivity contribution in [2.45, 2.75) is 12.8 Å². The Morgan fingerprint density at radius 3 is 2.52 bits per heavy atom. The summed E-state index contributed by atoms with van der Waals surface area (Å²) in [4.78, 5) is 30.2. The minimum Gasteiger partial charge on any atom is -0.512 e. The minimum absolute atomic E-state index is 0.0428. The minimum atomic E-state index is -4.84. The largest absolute Gasteiger partial charge is 0.512 e. The fourth-order valence-electron chi connectivity index (χ4n) is 2.18. The molecule has 1 aliphatic rings. The zero-order valence-electron chi connectivity index (χ0n) is 11.7. The van der Waals surface area contributed by atoms with Gasteiger partial charge >= 0.3 is 7.75 Å². The lowest BCUT2D eigenvalue weighted by Crippen LogP contribution is -2.21. The van der Waals surface area contributed by atoms with E-state index in [2.05, 4.69) is 4.76 Å². The summed E-state index contributed by atoms with van der Waals surface area (Å²) in [6, 6.07) is 5.88. The summed E-state index contributed by atoms with van der Waals surface area (Å²) >= 11 is 0. The van der Waals surface area contributed by atoms with E-state index < -0.39 is 19.3 Å². The van der Waals surface area contributed by atoms with Crippen LogP contribution in [0, 0.1) is 0 Å². The Balaban J connectivity index is 2.40. The van der Waals surface area contributed by atoms with Crippen molar-refractivity contribution in [3.8, 4) is 5.75 Å². The summed E-state index contributed by atoms with van der Waals surface area (Å²) in [7, 11) is -4.84. The molecular weight excluding hydrogens is 325 g/mol. The Bertz CT molecular complexity index is 788. The molecule has 0 bridgehead atoms. The predicted molar refractivity (Wildman–Crippen MR) is 81.3 cm³/mol. The highest BCUT2D eigenvalue weighted by Gasteiger charge is 2.28. The van der Waals surface area contributed by atoms with Gasteiger partial charge in [-0.25, -0.2) is 4.57 Å². The topological polar surface area (TPSA) is 148 Å². The number of carbonyl (C=O) groups is 1. The maximum atomic E-state index is 12.3. The number of aliphatic hydroxyl groups excluding tert-OH is 2. The molecule has 1 aliphatic carbocycles. The van der Waals surface area contributed by atoms with E-state index >= 15 is 0 Å². The predicted octanol–water partition coefficient (Wildman–Crippen LogP) is 1.70. The maximum absolute atomic E-state index is 12.3. The summed E-state index contributed by atoms with van der Waals surface area (Å²) in [5.41, 5.74) is -0.306. The summed E-state index contributed by atoms with van der Waals surface area (Å²) < 4.78 is 14.2. The number of benzene rings is 1. The molecule has 0 unspecified atom stereocenters. The first-order chi connectivity index (χ1) is 10.7. The van der Waals surface area contributed by atoms with Crippen LogP contribution in [-0.4, -0.2) is 36.6 Å². The second kappa shape index (κ2) is 6.37. The Morgan fingerprint density at radius 1 is 1.22 bits per heavy atom. The number of rotatable bonds is 4. The van der Waals surface area contributed by atoms with E-state index in [-0.39, 0.29) is 35.6 Å². The molecule has 0 radical (unpaired) electrons. The summed E-state index contributed by atoms with van der Waals surface area (Å²) in [5.74, 6) is -1.68. The molecule has 0 heterocycles. The smallest absolute Gasteiger partial charge is 0.448 e. The Hall–Kier alpha value is -2.41. The van der Waals surface area contributed by atoms with Gasteiger partial charge in [0, 0.05) is 18.9 Å². The van der Waals surface area contributed by atoms with Crippen molar-refractivity contribution in [3.63, 3.8) is 0 Å². The lowest BCUT2D eigenvalue weighted by molar-refractivity contribution is -0.114. The SMILES string of the molecule is O=C(Cc1cccc(O)c1)C1=C(O)C=C(O)CC1=NP(=O)(O)O. The Labute approximate surface area is 131 Å². The average Bonchev–Trinajstić information content (AvgIpc) is 2.35. The number of hydrogen-bond donors (Lipinski definition) is 5. The van der Waals surface area contributed by atoms with Gasteiger partial charge in [0.15, 0.2) is 5.78 Å². The van der Waals surface area contributed by atoms with E-state index in [9.17, 15) is 24.7 Å². The van der Waals surface area contributed by atoms with Crippen molar-refractivity contribution < 1.29 is 34.5 Å². The third-order valence-corrected chi connectivity index (χ3v) is 3.50. The zero-order valence-corrected chi connectivity index (χ0v) is 12.6. The van der Waals surface area contributed by atoms with Gasteiger partial charge in [-0.15, -0.1) is 0 Å². The summed E-state index contributed by atoms with van der Waals surface area (Å²) in [5, 5.41) is 28.7. The highest BCUT2D eigenvalue weighted by atomic mass is 31.2. The van der Waals surface area contributed by atoms with Gasteiger partial charge in [0.2, 0.25) is 0 Å². The van der Waals surface area contributed by atoms with E-state index in [4.69, 9.17) is 9.79 Å². The van der Waals surface area contributed by atoms with Crippen LogP contribution in [0.3, 0.4) is 0 Å². The first-order valence-corrected chi connectivity index (χ1v) is 8.01. The van der Waals surface area contributed by atoms with Gasteiger partial charge in [-0.05, 0) is 17.7 Å². The molecule has 1 aromatic rings. The van der Waals surface area contributed by atoms with Crippen molar-refractivity contribution >= 4 is 19.2 Å². The highest BCUT2D eigenvalue weighted by molar-refractivity contribution is 7.50. The van der Waals surface area contributed by atoms with E-state index in [1.165, 1.54) is 18.2 Å². The fourth-order valence-corrected chi connectivity index (χ4v) is 2.66. The van der Waals surface area contributed by atoms with Crippen molar-refractivity contribution in [2.75, 3.05) is 0 Å². The first kappa shape index (κ1) is 17.0. The van der Waals surface area contributed by atoms with Crippen molar-refractivity contribution in [1.82, 2.24) is 0 Å². The molecule has 1 aromatic carbocycles. The van der Waals surface area contributed by atoms with Crippen LogP contribution >= 0.6 is 7.75 Å². The van der Waals surface area contributed by atoms with Gasteiger partial charge in [0.25, 0.3) is 0 Å². The number of phenols is 1. The third-order valence-electron chi connectivity index (χ3n) is 3.00. The van der Waals surface area contributed by atoms with Crippen LogP contribution in [0.1, 0.15) is 12.0 Å². The molecule has 2 rings (SSSR count). The molecule has 0 atom stereocenters. The Kier molecular flexibility index (Phi) is 4.70. The molecule has 122 valence electrons.